The summed E-state index contributed by atoms with van der Waals surface area (Å²) in [4.78, 5) is 0. The van der Waals surface area contributed by atoms with Crippen LogP contribution in [0.15, 0.2) is 0 Å². The smallest absolute Gasteiger partial charge is 0.197 e. The Morgan fingerprint density at radius 1 is 1.86 bits per heavy atom. The van der Waals surface area contributed by atoms with E-state index in [1.165, 1.54) is 11.4 Å². The third-order valence-electron chi connectivity index (χ3n) is 0.750. The van der Waals surface area contributed by atoms with E-state index in [2.05, 4.69) is 0 Å². The van der Waals surface area contributed by atoms with Crippen molar-refractivity contribution >= 4 is 17.9 Å². The molecule has 1 atom stereocenters. The quantitative estimate of drug-likeness (QED) is 0.590. The van der Waals surface area contributed by atoms with Gasteiger partial charge in [0, 0.05) is 6.16 Å². The molecule has 0 saturated heterocycles. The van der Waals surface area contributed by atoms with E-state index in [-0.39, 0.29) is 0 Å². The first-order valence-electron chi connectivity index (χ1n) is 2.05. The lowest BCUT2D eigenvalue weighted by atomic mass is 11.0. The summed E-state index contributed by atoms with van der Waals surface area (Å²) in [5.74, 6) is 0. The zero-order valence-electron chi connectivity index (χ0n) is 4.55. The van der Waals surface area contributed by atoms with Crippen molar-refractivity contribution in [2.24, 2.45) is 5.50 Å². The molecule has 0 rings (SSSR count). The molecule has 1 unspecified atom stereocenters. The molecule has 0 spiro atoms. The van der Waals surface area contributed by atoms with Crippen molar-refractivity contribution in [1.29, 1.82) is 0 Å². The SMILES string of the molecule is CCP(N)(=O)SC. The van der Waals surface area contributed by atoms with Crippen molar-refractivity contribution in [3.63, 3.8) is 0 Å². The molecule has 0 radical (unpaired) electrons. The Morgan fingerprint density at radius 2 is 2.29 bits per heavy atom. The van der Waals surface area contributed by atoms with Crippen LogP contribution in [-0.2, 0) is 4.57 Å². The molecule has 0 aromatic carbocycles. The number of hydrogen-bond acceptors (Lipinski definition) is 2. The molecule has 0 aliphatic heterocycles. The minimum atomic E-state index is -2.24. The first kappa shape index (κ1) is 7.54. The average Bonchev–Trinajstić information content (AvgIpc) is 1.68. The van der Waals surface area contributed by atoms with Gasteiger partial charge in [0.1, 0.15) is 0 Å². The van der Waals surface area contributed by atoms with Crippen LogP contribution in [0.2, 0.25) is 0 Å². The maximum Gasteiger partial charge on any atom is 0.197 e. The molecular formula is C3H10NOPS. The molecule has 2 nitrogen and oxygen atoms in total. The van der Waals surface area contributed by atoms with Crippen molar-refractivity contribution in [3.05, 3.63) is 0 Å². The fourth-order valence-corrected chi connectivity index (χ4v) is 1.16. The van der Waals surface area contributed by atoms with E-state index in [1.807, 2.05) is 6.92 Å². The molecule has 0 fully saturated rings. The summed E-state index contributed by atoms with van der Waals surface area (Å²) < 4.78 is 10.7. The summed E-state index contributed by atoms with van der Waals surface area (Å²) in [5.41, 5.74) is 5.23. The predicted molar refractivity (Wildman–Crippen MR) is 35.8 cm³/mol. The van der Waals surface area contributed by atoms with Crippen LogP contribution in [0.4, 0.5) is 0 Å². The van der Waals surface area contributed by atoms with Gasteiger partial charge in [0.05, 0.1) is 0 Å². The standard InChI is InChI=1S/C3H10NOPS/c1-3-6(4,5)7-2/h3H2,1-2H3,(H2,4,5). The second kappa shape index (κ2) is 2.75. The van der Waals surface area contributed by atoms with Crippen molar-refractivity contribution in [2.75, 3.05) is 12.4 Å². The van der Waals surface area contributed by atoms with E-state index in [9.17, 15) is 4.57 Å². The van der Waals surface area contributed by atoms with Crippen LogP contribution in [-0.4, -0.2) is 12.4 Å². The molecule has 44 valence electrons. The Morgan fingerprint density at radius 3 is 2.29 bits per heavy atom. The highest BCUT2D eigenvalue weighted by atomic mass is 32.7. The second-order valence-corrected chi connectivity index (χ2v) is 6.62. The Balaban J connectivity index is 3.61. The van der Waals surface area contributed by atoms with Crippen molar-refractivity contribution in [2.45, 2.75) is 6.92 Å². The van der Waals surface area contributed by atoms with Gasteiger partial charge in [-0.2, -0.15) is 0 Å². The van der Waals surface area contributed by atoms with E-state index in [1.54, 1.807) is 6.26 Å². The highest BCUT2D eigenvalue weighted by Gasteiger charge is 2.07. The molecule has 0 saturated carbocycles. The normalized spacial score (nSPS) is 18.7. The summed E-state index contributed by atoms with van der Waals surface area (Å²) in [6.45, 7) is -0.407. The molecule has 7 heavy (non-hydrogen) atoms. The third-order valence-corrected chi connectivity index (χ3v) is 4.88. The molecule has 4 heteroatoms. The van der Waals surface area contributed by atoms with Crippen molar-refractivity contribution in [1.82, 2.24) is 0 Å². The van der Waals surface area contributed by atoms with E-state index < -0.39 is 6.49 Å². The van der Waals surface area contributed by atoms with Gasteiger partial charge in [0.25, 0.3) is 0 Å². The van der Waals surface area contributed by atoms with E-state index in [0.717, 1.165) is 0 Å². The van der Waals surface area contributed by atoms with E-state index >= 15 is 0 Å². The lowest BCUT2D eigenvalue weighted by Crippen LogP contribution is -1.90. The third kappa shape index (κ3) is 3.15. The Hall–Kier alpha value is 0.540. The number of hydrogen-bond donors (Lipinski definition) is 1. The second-order valence-electron chi connectivity index (χ2n) is 1.22. The Kier molecular flexibility index (Phi) is 2.96. The fraction of sp³-hybridized carbons (Fsp3) is 1.00. The number of nitrogens with two attached hydrogens (primary N) is 1. The van der Waals surface area contributed by atoms with Crippen LogP contribution >= 0.6 is 17.9 Å². The Bertz CT molecular complexity index is 86.9. The maximum absolute atomic E-state index is 10.7. The van der Waals surface area contributed by atoms with Gasteiger partial charge in [-0.3, -0.25) is 10.1 Å². The van der Waals surface area contributed by atoms with Crippen molar-refractivity contribution < 1.29 is 4.57 Å². The number of rotatable bonds is 2. The first-order chi connectivity index (χ1) is 3.12. The Labute approximate surface area is 48.0 Å². The average molecular weight is 139 g/mol. The van der Waals surface area contributed by atoms with Crippen LogP contribution in [0, 0.1) is 0 Å². The lowest BCUT2D eigenvalue weighted by molar-refractivity contribution is 0.586. The summed E-state index contributed by atoms with van der Waals surface area (Å²) in [6, 6.07) is 0. The van der Waals surface area contributed by atoms with Gasteiger partial charge in [-0.25, -0.2) is 0 Å². The van der Waals surface area contributed by atoms with Crippen molar-refractivity contribution in [3.8, 4) is 0 Å². The van der Waals surface area contributed by atoms with Crippen LogP contribution in [0.5, 0.6) is 0 Å². The summed E-state index contributed by atoms with van der Waals surface area (Å²) in [7, 11) is 0. The molecule has 0 bridgehead atoms. The molecule has 0 aliphatic carbocycles. The van der Waals surface area contributed by atoms with E-state index in [0.29, 0.717) is 6.16 Å². The molecule has 0 aliphatic rings. The van der Waals surface area contributed by atoms with Gasteiger partial charge >= 0.3 is 0 Å². The molecule has 0 aromatic heterocycles. The monoisotopic (exact) mass is 139 g/mol. The lowest BCUT2D eigenvalue weighted by Gasteiger charge is -2.02. The van der Waals surface area contributed by atoms with Gasteiger partial charge in [0.2, 0.25) is 0 Å². The molecular weight excluding hydrogens is 129 g/mol. The van der Waals surface area contributed by atoms with Gasteiger partial charge < -0.3 is 0 Å². The van der Waals surface area contributed by atoms with Gasteiger partial charge in [-0.15, -0.1) is 0 Å². The summed E-state index contributed by atoms with van der Waals surface area (Å²) in [6.07, 6.45) is 2.36. The van der Waals surface area contributed by atoms with Gasteiger partial charge in [-0.1, -0.05) is 18.3 Å². The van der Waals surface area contributed by atoms with Crippen LogP contribution < -0.4 is 5.50 Å². The molecule has 0 heterocycles. The van der Waals surface area contributed by atoms with E-state index in [4.69, 9.17) is 5.50 Å². The highest BCUT2D eigenvalue weighted by molar-refractivity contribution is 8.57. The largest absolute Gasteiger partial charge is 0.295 e. The zero-order chi connectivity index (χ0) is 5.91. The van der Waals surface area contributed by atoms with Crippen LogP contribution in [0.3, 0.4) is 0 Å². The topological polar surface area (TPSA) is 43.1 Å². The van der Waals surface area contributed by atoms with Crippen LogP contribution in [0.1, 0.15) is 6.92 Å². The summed E-state index contributed by atoms with van der Waals surface area (Å²) >= 11 is 1.26. The minimum Gasteiger partial charge on any atom is -0.295 e. The maximum atomic E-state index is 10.7. The molecule has 0 amide bonds. The molecule has 0 aromatic rings. The highest BCUT2D eigenvalue weighted by Crippen LogP contribution is 2.48. The minimum absolute atomic E-state index is 0.591. The zero-order valence-corrected chi connectivity index (χ0v) is 6.26. The van der Waals surface area contributed by atoms with Gasteiger partial charge in [-0.05, 0) is 6.26 Å². The molecule has 2 N–H and O–H groups in total. The summed E-state index contributed by atoms with van der Waals surface area (Å²) in [5, 5.41) is 0. The van der Waals surface area contributed by atoms with Crippen LogP contribution in [0.25, 0.3) is 0 Å². The first-order valence-corrected chi connectivity index (χ1v) is 5.85. The fourth-order valence-electron chi connectivity index (χ4n) is 0.129. The van der Waals surface area contributed by atoms with Gasteiger partial charge in [0.15, 0.2) is 6.49 Å². The predicted octanol–water partition coefficient (Wildman–Crippen LogP) is 1.52.